The summed E-state index contributed by atoms with van der Waals surface area (Å²) in [5.41, 5.74) is 3.70. The lowest BCUT2D eigenvalue weighted by Crippen LogP contribution is -2.23. The van der Waals surface area contributed by atoms with Gasteiger partial charge in [0.05, 0.1) is 11.0 Å². The summed E-state index contributed by atoms with van der Waals surface area (Å²) >= 11 is 9.40. The van der Waals surface area contributed by atoms with Crippen molar-refractivity contribution < 1.29 is 13.6 Å². The minimum Gasteiger partial charge on any atom is -0.427 e. The number of hydrogen-bond acceptors (Lipinski definition) is 4. The third-order valence-corrected chi connectivity index (χ3v) is 6.50. The summed E-state index contributed by atoms with van der Waals surface area (Å²) in [4.78, 5) is 21.6. The average molecular weight is 568 g/mol. The molecule has 5 aromatic rings. The van der Waals surface area contributed by atoms with Crippen LogP contribution >= 0.6 is 27.5 Å². The normalized spacial score (nSPS) is 11.2. The number of benzene rings is 3. The molecule has 36 heavy (non-hydrogen) atoms. The largest absolute Gasteiger partial charge is 0.427 e. The van der Waals surface area contributed by atoms with E-state index < -0.39 is 0 Å². The van der Waals surface area contributed by atoms with E-state index in [0.717, 1.165) is 21.1 Å². The Bertz CT molecular complexity index is 1530. The van der Waals surface area contributed by atoms with Crippen LogP contribution in [0, 0.1) is 5.82 Å². The molecule has 5 rings (SSSR count). The summed E-state index contributed by atoms with van der Waals surface area (Å²) in [6.45, 7) is 0.125. The summed E-state index contributed by atoms with van der Waals surface area (Å²) in [6, 6.07) is 20.2. The molecule has 0 aliphatic rings. The van der Waals surface area contributed by atoms with Crippen molar-refractivity contribution in [3.05, 3.63) is 99.7 Å². The van der Waals surface area contributed by atoms with Gasteiger partial charge in [-0.05, 0) is 48.9 Å². The summed E-state index contributed by atoms with van der Waals surface area (Å²) in [5.74, 6) is 0.144. The van der Waals surface area contributed by atoms with Crippen molar-refractivity contribution in [3.8, 4) is 17.3 Å². The molecule has 0 spiro atoms. The van der Waals surface area contributed by atoms with Gasteiger partial charge in [0, 0.05) is 40.0 Å². The Balaban J connectivity index is 1.32. The topological polar surface area (TPSA) is 73.0 Å². The number of halogens is 3. The van der Waals surface area contributed by atoms with Gasteiger partial charge in [0.2, 0.25) is 5.91 Å². The lowest BCUT2D eigenvalue weighted by atomic mass is 10.1. The van der Waals surface area contributed by atoms with E-state index in [4.69, 9.17) is 21.0 Å². The van der Waals surface area contributed by atoms with Crippen molar-refractivity contribution in [2.24, 2.45) is 0 Å². The molecular formula is C27H21BrClFN4O2. The summed E-state index contributed by atoms with van der Waals surface area (Å²) in [7, 11) is 0. The molecule has 2 heterocycles. The predicted molar refractivity (Wildman–Crippen MR) is 140 cm³/mol. The highest BCUT2D eigenvalue weighted by molar-refractivity contribution is 9.10. The lowest BCUT2D eigenvalue weighted by Gasteiger charge is -2.07. The summed E-state index contributed by atoms with van der Waals surface area (Å²) < 4.78 is 22.7. The maximum atomic E-state index is 13.9. The first-order valence-corrected chi connectivity index (χ1v) is 12.5. The van der Waals surface area contributed by atoms with Crippen LogP contribution in [0.4, 0.5) is 4.39 Å². The van der Waals surface area contributed by atoms with Gasteiger partial charge in [0.1, 0.15) is 23.6 Å². The second kappa shape index (κ2) is 10.6. The minimum atomic E-state index is -0.354. The number of para-hydroxylation sites is 2. The average Bonchev–Trinajstić information content (AvgIpc) is 3.49. The number of fused-ring (bicyclic) bond motifs is 1. The summed E-state index contributed by atoms with van der Waals surface area (Å²) in [6.07, 6.45) is 2.98. The molecule has 0 aliphatic carbocycles. The zero-order valence-electron chi connectivity index (χ0n) is 19.0. The highest BCUT2D eigenvalue weighted by atomic mass is 79.9. The number of aryl methyl sites for hydroxylation is 1. The fourth-order valence-electron chi connectivity index (χ4n) is 3.93. The molecule has 1 N–H and O–H groups in total. The molecule has 0 atom stereocenters. The SMILES string of the molecule is O=C(CCCc1oc(-n2cnc3ccccc32)nc1-c1ccc(Cl)cc1)NCc1cc(Br)ccc1F. The number of oxazole rings is 1. The number of carbonyl (C=O) groups is 1. The van der Waals surface area contributed by atoms with Gasteiger partial charge in [-0.2, -0.15) is 4.98 Å². The fourth-order valence-corrected chi connectivity index (χ4v) is 4.46. The highest BCUT2D eigenvalue weighted by Gasteiger charge is 2.18. The Morgan fingerprint density at radius 2 is 1.92 bits per heavy atom. The van der Waals surface area contributed by atoms with Crippen LogP contribution in [-0.2, 0) is 17.8 Å². The molecule has 3 aromatic carbocycles. The van der Waals surface area contributed by atoms with Gasteiger partial charge in [-0.1, -0.05) is 51.8 Å². The molecule has 1 amide bonds. The van der Waals surface area contributed by atoms with Gasteiger partial charge in [-0.3, -0.25) is 9.36 Å². The molecule has 2 aromatic heterocycles. The number of nitrogens with zero attached hydrogens (tertiary/aromatic N) is 3. The third-order valence-electron chi connectivity index (χ3n) is 5.75. The Kier molecular flexibility index (Phi) is 7.16. The molecule has 0 saturated heterocycles. The second-order valence-corrected chi connectivity index (χ2v) is 9.60. The van der Waals surface area contributed by atoms with Gasteiger partial charge in [-0.15, -0.1) is 0 Å². The molecule has 0 aliphatic heterocycles. The predicted octanol–water partition coefficient (Wildman–Crippen LogP) is 6.87. The van der Waals surface area contributed by atoms with Gasteiger partial charge >= 0.3 is 6.01 Å². The Morgan fingerprint density at radius 1 is 1.11 bits per heavy atom. The molecule has 0 bridgehead atoms. The molecule has 0 fully saturated rings. The Labute approximate surface area is 220 Å². The van der Waals surface area contributed by atoms with Gasteiger partial charge in [-0.25, -0.2) is 9.37 Å². The standard InChI is InChI=1S/C27H21BrClFN4O2/c28-19-10-13-21(30)18(14-19)15-31-25(35)7-3-6-24-26(17-8-11-20(29)12-9-17)33-27(36-24)34-16-32-22-4-1-2-5-23(22)34/h1-2,4-5,8-14,16H,3,6-7,15H2,(H,31,35). The van der Waals surface area contributed by atoms with Gasteiger partial charge in [0.25, 0.3) is 0 Å². The van der Waals surface area contributed by atoms with Crippen LogP contribution < -0.4 is 5.32 Å². The molecule has 0 unspecified atom stereocenters. The number of hydrogen-bond donors (Lipinski definition) is 1. The van der Waals surface area contributed by atoms with Crippen molar-refractivity contribution >= 4 is 44.5 Å². The number of imidazole rings is 1. The van der Waals surface area contributed by atoms with E-state index in [0.29, 0.717) is 40.9 Å². The molecule has 0 radical (unpaired) electrons. The number of carbonyl (C=O) groups excluding carboxylic acids is 1. The summed E-state index contributed by atoms with van der Waals surface area (Å²) in [5, 5.41) is 3.41. The van der Waals surface area contributed by atoms with Crippen LogP contribution in [-0.4, -0.2) is 20.4 Å². The van der Waals surface area contributed by atoms with Crippen LogP contribution in [0.1, 0.15) is 24.2 Å². The van der Waals surface area contributed by atoms with E-state index in [-0.39, 0.29) is 24.7 Å². The molecule has 0 saturated carbocycles. The van der Waals surface area contributed by atoms with Crippen LogP contribution in [0.15, 0.2) is 81.9 Å². The van der Waals surface area contributed by atoms with Gasteiger partial charge < -0.3 is 9.73 Å². The van der Waals surface area contributed by atoms with Crippen molar-refractivity contribution in [2.45, 2.75) is 25.8 Å². The van der Waals surface area contributed by atoms with Crippen LogP contribution in [0.5, 0.6) is 0 Å². The first-order chi connectivity index (χ1) is 17.5. The third kappa shape index (κ3) is 5.34. The van der Waals surface area contributed by atoms with Crippen LogP contribution in [0.3, 0.4) is 0 Å². The minimum absolute atomic E-state index is 0.125. The van der Waals surface area contributed by atoms with Crippen LogP contribution in [0.2, 0.25) is 5.02 Å². The molecule has 9 heteroatoms. The van der Waals surface area contributed by atoms with Gasteiger partial charge in [0.15, 0.2) is 0 Å². The zero-order chi connectivity index (χ0) is 25.1. The van der Waals surface area contributed by atoms with E-state index in [1.807, 2.05) is 36.4 Å². The van der Waals surface area contributed by atoms with E-state index >= 15 is 0 Å². The number of rotatable bonds is 8. The maximum absolute atomic E-state index is 13.9. The number of aromatic nitrogens is 3. The molecule has 6 nitrogen and oxygen atoms in total. The molecule has 182 valence electrons. The van der Waals surface area contributed by atoms with E-state index in [1.54, 1.807) is 35.2 Å². The first-order valence-electron chi connectivity index (χ1n) is 11.4. The van der Waals surface area contributed by atoms with Crippen molar-refractivity contribution in [1.29, 1.82) is 0 Å². The van der Waals surface area contributed by atoms with Crippen molar-refractivity contribution in [2.75, 3.05) is 0 Å². The highest BCUT2D eigenvalue weighted by Crippen LogP contribution is 2.29. The Morgan fingerprint density at radius 3 is 2.75 bits per heavy atom. The second-order valence-electron chi connectivity index (χ2n) is 8.24. The number of nitrogens with one attached hydrogen (secondary N) is 1. The van der Waals surface area contributed by atoms with Crippen molar-refractivity contribution in [1.82, 2.24) is 19.9 Å². The fraction of sp³-hybridized carbons (Fsp3) is 0.148. The Hall–Kier alpha value is -3.49. The number of amides is 1. The molecular weight excluding hydrogens is 547 g/mol. The lowest BCUT2D eigenvalue weighted by molar-refractivity contribution is -0.121. The smallest absolute Gasteiger partial charge is 0.308 e. The quantitative estimate of drug-likeness (QED) is 0.222. The zero-order valence-corrected chi connectivity index (χ0v) is 21.4. The van der Waals surface area contributed by atoms with Crippen LogP contribution in [0.25, 0.3) is 28.3 Å². The first kappa shape index (κ1) is 24.2. The van der Waals surface area contributed by atoms with Crippen molar-refractivity contribution in [3.63, 3.8) is 0 Å². The van der Waals surface area contributed by atoms with E-state index in [9.17, 15) is 9.18 Å². The maximum Gasteiger partial charge on any atom is 0.308 e. The monoisotopic (exact) mass is 566 g/mol. The van der Waals surface area contributed by atoms with E-state index in [1.165, 1.54) is 6.07 Å². The van der Waals surface area contributed by atoms with E-state index in [2.05, 4.69) is 26.2 Å².